The Bertz CT molecular complexity index is 824. The molecule has 0 aliphatic heterocycles. The highest BCUT2D eigenvalue weighted by Gasteiger charge is 2.14. The molecule has 0 atom stereocenters. The lowest BCUT2D eigenvalue weighted by atomic mass is 10.1. The van der Waals surface area contributed by atoms with Crippen molar-refractivity contribution in [2.45, 2.75) is 26.7 Å². The molecule has 3 aromatic rings. The number of esters is 1. The molecule has 0 spiro atoms. The maximum absolute atomic E-state index is 12.0. The zero-order chi connectivity index (χ0) is 16.9. The lowest BCUT2D eigenvalue weighted by Crippen LogP contribution is -2.09. The molecule has 122 valence electrons. The fourth-order valence-corrected chi connectivity index (χ4v) is 2.76. The summed E-state index contributed by atoms with van der Waals surface area (Å²) < 4.78 is 7.26. The van der Waals surface area contributed by atoms with Gasteiger partial charge in [-0.25, -0.2) is 4.68 Å². The van der Waals surface area contributed by atoms with E-state index >= 15 is 0 Å². The average molecular weight is 320 g/mol. The number of hydrogen-bond donors (Lipinski definition) is 0. The van der Waals surface area contributed by atoms with Gasteiger partial charge in [0, 0.05) is 5.69 Å². The molecular weight excluding hydrogens is 300 g/mol. The van der Waals surface area contributed by atoms with Crippen molar-refractivity contribution in [2.24, 2.45) is 0 Å². The SMILES string of the molecule is Cc1nn(-c2ccccc2)c(C)c1CCC(=O)Oc1ccccc1. The van der Waals surface area contributed by atoms with Crippen molar-refractivity contribution in [3.05, 3.63) is 77.6 Å². The molecule has 0 unspecified atom stereocenters. The van der Waals surface area contributed by atoms with Gasteiger partial charge in [-0.15, -0.1) is 0 Å². The van der Waals surface area contributed by atoms with Gasteiger partial charge < -0.3 is 4.74 Å². The van der Waals surface area contributed by atoms with Crippen LogP contribution in [-0.2, 0) is 11.2 Å². The van der Waals surface area contributed by atoms with Crippen molar-refractivity contribution in [3.8, 4) is 11.4 Å². The molecule has 0 amide bonds. The molecule has 1 aromatic heterocycles. The zero-order valence-electron chi connectivity index (χ0n) is 13.9. The van der Waals surface area contributed by atoms with Crippen molar-refractivity contribution in [2.75, 3.05) is 0 Å². The standard InChI is InChI=1S/C20H20N2O2/c1-15-19(13-14-20(23)24-18-11-7-4-8-12-18)16(2)22(21-15)17-9-5-3-6-10-17/h3-12H,13-14H2,1-2H3. The van der Waals surface area contributed by atoms with Gasteiger partial charge in [-0.05, 0) is 50.1 Å². The fourth-order valence-electron chi connectivity index (χ4n) is 2.76. The summed E-state index contributed by atoms with van der Waals surface area (Å²) >= 11 is 0. The van der Waals surface area contributed by atoms with Crippen LogP contribution in [0.4, 0.5) is 0 Å². The summed E-state index contributed by atoms with van der Waals surface area (Å²) in [4.78, 5) is 12.0. The molecule has 0 fully saturated rings. The van der Waals surface area contributed by atoms with Gasteiger partial charge in [0.15, 0.2) is 0 Å². The van der Waals surface area contributed by atoms with Crippen molar-refractivity contribution < 1.29 is 9.53 Å². The van der Waals surface area contributed by atoms with E-state index in [4.69, 9.17) is 4.74 Å². The number of ether oxygens (including phenoxy) is 1. The molecule has 0 saturated carbocycles. The Labute approximate surface area is 141 Å². The first-order valence-corrected chi connectivity index (χ1v) is 8.01. The molecule has 1 heterocycles. The van der Waals surface area contributed by atoms with Gasteiger partial charge in [0.2, 0.25) is 0 Å². The van der Waals surface area contributed by atoms with Gasteiger partial charge in [-0.3, -0.25) is 4.79 Å². The zero-order valence-corrected chi connectivity index (χ0v) is 13.9. The second-order valence-corrected chi connectivity index (χ2v) is 5.68. The molecule has 0 aliphatic carbocycles. The maximum Gasteiger partial charge on any atom is 0.311 e. The molecular formula is C20H20N2O2. The summed E-state index contributed by atoms with van der Waals surface area (Å²) in [6, 6.07) is 19.1. The summed E-state index contributed by atoms with van der Waals surface area (Å²) in [7, 11) is 0. The van der Waals surface area contributed by atoms with Crippen LogP contribution >= 0.6 is 0 Å². The first-order valence-electron chi connectivity index (χ1n) is 8.01. The first kappa shape index (κ1) is 16.0. The smallest absolute Gasteiger partial charge is 0.311 e. The number of carbonyl (C=O) groups excluding carboxylic acids is 1. The molecule has 0 bridgehead atoms. The molecule has 2 aromatic carbocycles. The van der Waals surface area contributed by atoms with Crippen molar-refractivity contribution >= 4 is 5.97 Å². The predicted octanol–water partition coefficient (Wildman–Crippen LogP) is 4.03. The van der Waals surface area contributed by atoms with Crippen LogP contribution in [0.15, 0.2) is 60.7 Å². The minimum absolute atomic E-state index is 0.229. The van der Waals surface area contributed by atoms with E-state index in [1.807, 2.05) is 67.1 Å². The van der Waals surface area contributed by atoms with Gasteiger partial charge in [0.25, 0.3) is 0 Å². The van der Waals surface area contributed by atoms with Crippen LogP contribution in [0, 0.1) is 13.8 Å². The second kappa shape index (κ2) is 7.13. The van der Waals surface area contributed by atoms with Crippen LogP contribution in [-0.4, -0.2) is 15.7 Å². The number of benzene rings is 2. The van der Waals surface area contributed by atoms with Crippen LogP contribution < -0.4 is 4.74 Å². The Hall–Kier alpha value is -2.88. The summed E-state index contributed by atoms with van der Waals surface area (Å²) in [5.41, 5.74) is 4.13. The fraction of sp³-hybridized carbons (Fsp3) is 0.200. The van der Waals surface area contributed by atoms with Gasteiger partial charge in [0.1, 0.15) is 5.75 Å². The summed E-state index contributed by atoms with van der Waals surface area (Å²) in [6.45, 7) is 4.01. The van der Waals surface area contributed by atoms with Crippen LogP contribution in [0.2, 0.25) is 0 Å². The van der Waals surface area contributed by atoms with E-state index in [-0.39, 0.29) is 5.97 Å². The highest BCUT2D eigenvalue weighted by molar-refractivity contribution is 5.72. The Morgan fingerprint density at radius 1 is 1.00 bits per heavy atom. The molecule has 3 rings (SSSR count). The van der Waals surface area contributed by atoms with E-state index in [2.05, 4.69) is 5.10 Å². The van der Waals surface area contributed by atoms with Gasteiger partial charge >= 0.3 is 5.97 Å². The highest BCUT2D eigenvalue weighted by atomic mass is 16.5. The van der Waals surface area contributed by atoms with E-state index in [9.17, 15) is 4.79 Å². The first-order chi connectivity index (χ1) is 11.6. The second-order valence-electron chi connectivity index (χ2n) is 5.68. The third-order valence-electron chi connectivity index (χ3n) is 4.00. The molecule has 0 radical (unpaired) electrons. The number of para-hydroxylation sites is 2. The van der Waals surface area contributed by atoms with Crippen LogP contribution in [0.25, 0.3) is 5.69 Å². The van der Waals surface area contributed by atoms with Crippen molar-refractivity contribution in [1.82, 2.24) is 9.78 Å². The van der Waals surface area contributed by atoms with E-state index in [0.29, 0.717) is 18.6 Å². The number of aromatic nitrogens is 2. The number of aryl methyl sites for hydroxylation is 1. The number of hydrogen-bond acceptors (Lipinski definition) is 3. The summed E-state index contributed by atoms with van der Waals surface area (Å²) in [5, 5.41) is 4.61. The third kappa shape index (κ3) is 3.54. The number of rotatable bonds is 5. The normalized spacial score (nSPS) is 10.6. The minimum atomic E-state index is -0.229. The van der Waals surface area contributed by atoms with Gasteiger partial charge in [0.05, 0.1) is 17.8 Å². The van der Waals surface area contributed by atoms with E-state index in [1.54, 1.807) is 12.1 Å². The van der Waals surface area contributed by atoms with Crippen LogP contribution in [0.3, 0.4) is 0 Å². The van der Waals surface area contributed by atoms with E-state index in [1.165, 1.54) is 0 Å². The highest BCUT2D eigenvalue weighted by Crippen LogP contribution is 2.19. The molecule has 0 aliphatic rings. The van der Waals surface area contributed by atoms with E-state index in [0.717, 1.165) is 22.6 Å². The number of carbonyl (C=O) groups is 1. The lowest BCUT2D eigenvalue weighted by Gasteiger charge is -2.06. The summed E-state index contributed by atoms with van der Waals surface area (Å²) in [6.07, 6.45) is 0.952. The monoisotopic (exact) mass is 320 g/mol. The Morgan fingerprint density at radius 2 is 1.62 bits per heavy atom. The molecule has 0 saturated heterocycles. The average Bonchev–Trinajstić information content (AvgIpc) is 2.89. The molecule has 24 heavy (non-hydrogen) atoms. The minimum Gasteiger partial charge on any atom is -0.427 e. The molecule has 4 heteroatoms. The molecule has 0 N–H and O–H groups in total. The maximum atomic E-state index is 12.0. The van der Waals surface area contributed by atoms with Crippen LogP contribution in [0.5, 0.6) is 5.75 Å². The predicted molar refractivity (Wildman–Crippen MR) is 93.4 cm³/mol. The Balaban J connectivity index is 1.70. The van der Waals surface area contributed by atoms with Gasteiger partial charge in [-0.1, -0.05) is 36.4 Å². The largest absolute Gasteiger partial charge is 0.427 e. The topological polar surface area (TPSA) is 44.1 Å². The number of nitrogens with zero attached hydrogens (tertiary/aromatic N) is 2. The summed E-state index contributed by atoms with van der Waals surface area (Å²) in [5.74, 6) is 0.350. The molecule has 4 nitrogen and oxygen atoms in total. The van der Waals surface area contributed by atoms with Crippen LogP contribution in [0.1, 0.15) is 23.4 Å². The quantitative estimate of drug-likeness (QED) is 0.527. The van der Waals surface area contributed by atoms with Crippen molar-refractivity contribution in [1.29, 1.82) is 0 Å². The Morgan fingerprint density at radius 3 is 2.29 bits per heavy atom. The Kier molecular flexibility index (Phi) is 4.75. The lowest BCUT2D eigenvalue weighted by molar-refractivity contribution is -0.134. The van der Waals surface area contributed by atoms with E-state index < -0.39 is 0 Å². The van der Waals surface area contributed by atoms with Crippen molar-refractivity contribution in [3.63, 3.8) is 0 Å². The van der Waals surface area contributed by atoms with Gasteiger partial charge in [-0.2, -0.15) is 5.10 Å². The third-order valence-corrected chi connectivity index (χ3v) is 4.00.